The lowest BCUT2D eigenvalue weighted by atomic mass is 9.94. The normalized spacial score (nSPS) is 20.1. The van der Waals surface area contributed by atoms with Crippen LogP contribution in [0.5, 0.6) is 0 Å². The molecular weight excluding hydrogens is 242 g/mol. The first-order chi connectivity index (χ1) is 8.81. The van der Waals surface area contributed by atoms with Crippen LogP contribution in [0.3, 0.4) is 0 Å². The maximum atomic E-state index is 12.6. The van der Waals surface area contributed by atoms with Gasteiger partial charge in [-0.3, -0.25) is 4.79 Å². The van der Waals surface area contributed by atoms with Crippen LogP contribution in [0, 0.1) is 0 Å². The van der Waals surface area contributed by atoms with Gasteiger partial charge in [-0.1, -0.05) is 19.3 Å². The van der Waals surface area contributed by atoms with Gasteiger partial charge in [0.2, 0.25) is 0 Å². The molecule has 0 unspecified atom stereocenters. The van der Waals surface area contributed by atoms with Gasteiger partial charge in [-0.05, 0) is 43.7 Å². The standard InChI is InChI=1S/C15H21NOS/c17-15-12(10-18)9-11-5-4-8-14(11)16(15)13-6-2-1-3-7-13/h9,13,18H,1-8,10H2. The summed E-state index contributed by atoms with van der Waals surface area (Å²) in [6.07, 6.45) is 9.69. The Morgan fingerprint density at radius 2 is 1.94 bits per heavy atom. The molecule has 1 aromatic rings. The maximum Gasteiger partial charge on any atom is 0.255 e. The van der Waals surface area contributed by atoms with Gasteiger partial charge in [0.1, 0.15) is 0 Å². The van der Waals surface area contributed by atoms with Gasteiger partial charge >= 0.3 is 0 Å². The quantitative estimate of drug-likeness (QED) is 0.813. The summed E-state index contributed by atoms with van der Waals surface area (Å²) in [5.74, 6) is 0.568. The van der Waals surface area contributed by atoms with Gasteiger partial charge in [0.25, 0.3) is 5.56 Å². The predicted octanol–water partition coefficient (Wildman–Crippen LogP) is 3.27. The van der Waals surface area contributed by atoms with E-state index in [0.717, 1.165) is 18.4 Å². The molecule has 1 fully saturated rings. The topological polar surface area (TPSA) is 22.0 Å². The zero-order chi connectivity index (χ0) is 12.5. The highest BCUT2D eigenvalue weighted by Crippen LogP contribution is 2.31. The lowest BCUT2D eigenvalue weighted by molar-refractivity contribution is 0.339. The molecule has 0 amide bonds. The van der Waals surface area contributed by atoms with E-state index in [0.29, 0.717) is 11.8 Å². The molecular formula is C15H21NOS. The van der Waals surface area contributed by atoms with Crippen LogP contribution in [0.25, 0.3) is 0 Å². The molecule has 1 aromatic heterocycles. The van der Waals surface area contributed by atoms with Crippen molar-refractivity contribution >= 4 is 12.6 Å². The molecule has 1 heterocycles. The molecule has 0 aliphatic heterocycles. The highest BCUT2D eigenvalue weighted by molar-refractivity contribution is 7.79. The summed E-state index contributed by atoms with van der Waals surface area (Å²) in [5, 5.41) is 0. The van der Waals surface area contributed by atoms with Gasteiger partial charge in [0.15, 0.2) is 0 Å². The molecule has 1 saturated carbocycles. The molecule has 0 atom stereocenters. The number of fused-ring (bicyclic) bond motifs is 1. The van der Waals surface area contributed by atoms with Crippen LogP contribution in [0.15, 0.2) is 10.9 Å². The van der Waals surface area contributed by atoms with Crippen LogP contribution in [-0.2, 0) is 18.6 Å². The zero-order valence-electron chi connectivity index (χ0n) is 10.8. The highest BCUT2D eigenvalue weighted by atomic mass is 32.1. The van der Waals surface area contributed by atoms with E-state index in [1.54, 1.807) is 0 Å². The van der Waals surface area contributed by atoms with Crippen molar-refractivity contribution < 1.29 is 0 Å². The summed E-state index contributed by atoms with van der Waals surface area (Å²) in [7, 11) is 0. The van der Waals surface area contributed by atoms with E-state index in [-0.39, 0.29) is 5.56 Å². The lowest BCUT2D eigenvalue weighted by Crippen LogP contribution is -2.31. The van der Waals surface area contributed by atoms with E-state index in [9.17, 15) is 4.79 Å². The van der Waals surface area contributed by atoms with Crippen molar-refractivity contribution in [3.05, 3.63) is 33.2 Å². The van der Waals surface area contributed by atoms with Crippen molar-refractivity contribution in [2.45, 2.75) is 63.2 Å². The van der Waals surface area contributed by atoms with E-state index < -0.39 is 0 Å². The monoisotopic (exact) mass is 263 g/mol. The highest BCUT2D eigenvalue weighted by Gasteiger charge is 2.24. The van der Waals surface area contributed by atoms with Gasteiger partial charge in [-0.15, -0.1) is 0 Å². The predicted molar refractivity (Wildman–Crippen MR) is 77.5 cm³/mol. The van der Waals surface area contributed by atoms with Crippen molar-refractivity contribution in [1.29, 1.82) is 0 Å². The smallest absolute Gasteiger partial charge is 0.255 e. The molecule has 3 heteroatoms. The Hall–Kier alpha value is -0.700. The second-order valence-electron chi connectivity index (χ2n) is 5.62. The molecule has 0 spiro atoms. The third-order valence-electron chi connectivity index (χ3n) is 4.47. The Kier molecular flexibility index (Phi) is 3.51. The third-order valence-corrected chi connectivity index (χ3v) is 4.81. The largest absolute Gasteiger partial charge is 0.309 e. The van der Waals surface area contributed by atoms with E-state index in [2.05, 4.69) is 23.3 Å². The Morgan fingerprint density at radius 1 is 1.17 bits per heavy atom. The lowest BCUT2D eigenvalue weighted by Gasteiger charge is -2.27. The number of hydrogen-bond acceptors (Lipinski definition) is 2. The van der Waals surface area contributed by atoms with Crippen LogP contribution in [0.4, 0.5) is 0 Å². The fourth-order valence-electron chi connectivity index (χ4n) is 3.57. The van der Waals surface area contributed by atoms with Crippen molar-refractivity contribution in [3.8, 4) is 0 Å². The average Bonchev–Trinajstić information content (AvgIpc) is 2.86. The summed E-state index contributed by atoms with van der Waals surface area (Å²) in [4.78, 5) is 12.6. The van der Waals surface area contributed by atoms with Gasteiger partial charge in [-0.2, -0.15) is 12.6 Å². The fraction of sp³-hybridized carbons (Fsp3) is 0.667. The van der Waals surface area contributed by atoms with Crippen LogP contribution in [-0.4, -0.2) is 4.57 Å². The number of thiol groups is 1. The summed E-state index contributed by atoms with van der Waals surface area (Å²) in [6.45, 7) is 0. The minimum atomic E-state index is 0.234. The second-order valence-corrected chi connectivity index (χ2v) is 5.94. The minimum Gasteiger partial charge on any atom is -0.309 e. The third kappa shape index (κ3) is 2.03. The Balaban J connectivity index is 2.11. The number of rotatable bonds is 2. The first kappa shape index (κ1) is 12.3. The summed E-state index contributed by atoms with van der Waals surface area (Å²) in [5.41, 5.74) is 3.86. The van der Waals surface area contributed by atoms with Crippen LogP contribution in [0.2, 0.25) is 0 Å². The zero-order valence-corrected chi connectivity index (χ0v) is 11.7. The summed E-state index contributed by atoms with van der Waals surface area (Å²) < 4.78 is 2.15. The van der Waals surface area contributed by atoms with Gasteiger partial charge < -0.3 is 4.57 Å². The molecule has 0 radical (unpaired) electrons. The van der Waals surface area contributed by atoms with Crippen LogP contribution >= 0.6 is 12.6 Å². The Morgan fingerprint density at radius 3 is 2.67 bits per heavy atom. The van der Waals surface area contributed by atoms with Crippen molar-refractivity contribution in [1.82, 2.24) is 4.57 Å². The van der Waals surface area contributed by atoms with Crippen LogP contribution in [0.1, 0.15) is 61.4 Å². The van der Waals surface area contributed by atoms with E-state index in [1.807, 2.05) is 0 Å². The van der Waals surface area contributed by atoms with E-state index >= 15 is 0 Å². The van der Waals surface area contributed by atoms with Crippen LogP contribution < -0.4 is 5.56 Å². The molecule has 18 heavy (non-hydrogen) atoms. The van der Waals surface area contributed by atoms with Gasteiger partial charge in [0.05, 0.1) is 0 Å². The SMILES string of the molecule is O=c1c(CS)cc2c(n1C1CCCCC1)CCC2. The van der Waals surface area contributed by atoms with E-state index in [1.165, 1.54) is 49.8 Å². The fourth-order valence-corrected chi connectivity index (χ4v) is 3.80. The van der Waals surface area contributed by atoms with Crippen molar-refractivity contribution in [2.24, 2.45) is 0 Å². The van der Waals surface area contributed by atoms with Crippen molar-refractivity contribution in [2.75, 3.05) is 0 Å². The number of hydrogen-bond donors (Lipinski definition) is 1. The van der Waals surface area contributed by atoms with Gasteiger partial charge in [-0.25, -0.2) is 0 Å². The molecule has 0 saturated heterocycles. The average molecular weight is 263 g/mol. The molecule has 0 aromatic carbocycles. The Bertz CT molecular complexity index is 500. The molecule has 2 aliphatic rings. The molecule has 98 valence electrons. The summed E-state index contributed by atoms with van der Waals surface area (Å²) in [6, 6.07) is 2.56. The number of nitrogens with zero attached hydrogens (tertiary/aromatic N) is 1. The summed E-state index contributed by atoms with van der Waals surface area (Å²) >= 11 is 4.32. The molecule has 3 rings (SSSR count). The van der Waals surface area contributed by atoms with E-state index in [4.69, 9.17) is 0 Å². The van der Waals surface area contributed by atoms with Gasteiger partial charge in [0, 0.05) is 23.1 Å². The molecule has 2 nitrogen and oxygen atoms in total. The number of pyridine rings is 1. The Labute approximate surface area is 114 Å². The number of aromatic nitrogens is 1. The number of aryl methyl sites for hydroxylation is 1. The maximum absolute atomic E-state index is 12.6. The molecule has 0 bridgehead atoms. The molecule has 0 N–H and O–H groups in total. The first-order valence-electron chi connectivity index (χ1n) is 7.18. The second kappa shape index (κ2) is 5.12. The first-order valence-corrected chi connectivity index (χ1v) is 7.81. The molecule has 2 aliphatic carbocycles. The van der Waals surface area contributed by atoms with Crippen molar-refractivity contribution in [3.63, 3.8) is 0 Å². The minimum absolute atomic E-state index is 0.234.